The molecule has 1 heterocycles. The molecule has 1 aromatic rings. The van der Waals surface area contributed by atoms with Crippen molar-refractivity contribution >= 4 is 29.4 Å². The largest absolute Gasteiger partial charge is 0.491 e. The third kappa shape index (κ3) is 6.69. The number of piperidine rings is 1. The van der Waals surface area contributed by atoms with Crippen LogP contribution >= 0.6 is 11.6 Å². The Hall–Kier alpha value is -2.15. The molecule has 1 aliphatic heterocycles. The molecular formula is C22H33ClN4O3. The standard InChI is InChI=1S/C22H33ClN4O3/c1-2-14-30-20-9-8-16(23)15-19(20)26-22(29)27-12-10-18(11-13-27)25-21(28)24-17-6-4-3-5-7-17/h8-9,15,17-18H,2-7,10-14H2,1H3,(H,26,29)(H2,24,25,28). The number of amides is 4. The molecule has 1 saturated heterocycles. The van der Waals surface area contributed by atoms with Gasteiger partial charge in [-0.25, -0.2) is 9.59 Å². The Kier molecular flexibility index (Phi) is 8.49. The summed E-state index contributed by atoms with van der Waals surface area (Å²) in [7, 11) is 0. The minimum atomic E-state index is -0.177. The molecule has 0 unspecified atom stereocenters. The fourth-order valence-corrected chi connectivity index (χ4v) is 4.19. The van der Waals surface area contributed by atoms with Crippen molar-refractivity contribution in [3.8, 4) is 5.75 Å². The Morgan fingerprint density at radius 1 is 1.07 bits per heavy atom. The number of carbonyl (C=O) groups is 2. The molecule has 2 fully saturated rings. The van der Waals surface area contributed by atoms with Crippen molar-refractivity contribution in [3.05, 3.63) is 23.2 Å². The lowest BCUT2D eigenvalue weighted by Gasteiger charge is -2.33. The first-order valence-corrected chi connectivity index (χ1v) is 11.5. The summed E-state index contributed by atoms with van der Waals surface area (Å²) in [6, 6.07) is 5.35. The van der Waals surface area contributed by atoms with Gasteiger partial charge in [-0.15, -0.1) is 0 Å². The molecule has 30 heavy (non-hydrogen) atoms. The number of benzene rings is 1. The lowest BCUT2D eigenvalue weighted by Crippen LogP contribution is -2.51. The van der Waals surface area contributed by atoms with Crippen LogP contribution in [-0.2, 0) is 0 Å². The van der Waals surface area contributed by atoms with E-state index in [4.69, 9.17) is 16.3 Å². The molecule has 0 spiro atoms. The maximum atomic E-state index is 12.7. The van der Waals surface area contributed by atoms with Gasteiger partial charge in [0.25, 0.3) is 0 Å². The first kappa shape index (κ1) is 22.5. The summed E-state index contributed by atoms with van der Waals surface area (Å²) in [5, 5.41) is 9.62. The number of urea groups is 2. The van der Waals surface area contributed by atoms with E-state index in [0.29, 0.717) is 42.2 Å². The van der Waals surface area contributed by atoms with Gasteiger partial charge < -0.3 is 25.6 Å². The van der Waals surface area contributed by atoms with E-state index in [1.807, 2.05) is 6.92 Å². The summed E-state index contributed by atoms with van der Waals surface area (Å²) in [6.45, 7) is 3.78. The van der Waals surface area contributed by atoms with Crippen LogP contribution in [0.25, 0.3) is 0 Å². The molecular weight excluding hydrogens is 404 g/mol. The van der Waals surface area contributed by atoms with Crippen molar-refractivity contribution < 1.29 is 14.3 Å². The van der Waals surface area contributed by atoms with E-state index in [2.05, 4.69) is 16.0 Å². The number of rotatable bonds is 6. The second-order valence-corrected chi connectivity index (χ2v) is 8.57. The Bertz CT molecular complexity index is 716. The van der Waals surface area contributed by atoms with Crippen LogP contribution < -0.4 is 20.7 Å². The number of nitrogens with zero attached hydrogens (tertiary/aromatic N) is 1. The SMILES string of the molecule is CCCOc1ccc(Cl)cc1NC(=O)N1CCC(NC(=O)NC2CCCCC2)CC1. The minimum absolute atomic E-state index is 0.0820. The summed E-state index contributed by atoms with van der Waals surface area (Å²) in [6.07, 6.45) is 8.14. The molecule has 1 aromatic carbocycles. The number of nitrogens with one attached hydrogen (secondary N) is 3. The van der Waals surface area contributed by atoms with Crippen molar-refractivity contribution in [2.45, 2.75) is 70.4 Å². The van der Waals surface area contributed by atoms with E-state index in [1.165, 1.54) is 19.3 Å². The highest BCUT2D eigenvalue weighted by Crippen LogP contribution is 2.29. The summed E-state index contributed by atoms with van der Waals surface area (Å²) in [5.41, 5.74) is 0.577. The number of ether oxygens (including phenoxy) is 1. The molecule has 0 bridgehead atoms. The highest BCUT2D eigenvalue weighted by Gasteiger charge is 2.25. The zero-order valence-corrected chi connectivity index (χ0v) is 18.5. The van der Waals surface area contributed by atoms with E-state index in [0.717, 1.165) is 32.1 Å². The second-order valence-electron chi connectivity index (χ2n) is 8.13. The lowest BCUT2D eigenvalue weighted by molar-refractivity contribution is 0.186. The molecule has 0 radical (unpaired) electrons. The number of halogens is 1. The lowest BCUT2D eigenvalue weighted by atomic mass is 9.96. The zero-order chi connectivity index (χ0) is 21.3. The van der Waals surface area contributed by atoms with Crippen LogP contribution in [0.3, 0.4) is 0 Å². The smallest absolute Gasteiger partial charge is 0.321 e. The Morgan fingerprint density at radius 2 is 1.73 bits per heavy atom. The summed E-state index contributed by atoms with van der Waals surface area (Å²) >= 11 is 6.09. The average molecular weight is 437 g/mol. The van der Waals surface area contributed by atoms with Gasteiger partial charge in [0.1, 0.15) is 5.75 Å². The van der Waals surface area contributed by atoms with Crippen molar-refractivity contribution in [3.63, 3.8) is 0 Å². The van der Waals surface area contributed by atoms with Crippen LogP contribution in [0.5, 0.6) is 5.75 Å². The van der Waals surface area contributed by atoms with Gasteiger partial charge >= 0.3 is 12.1 Å². The van der Waals surface area contributed by atoms with Crippen LogP contribution in [0.1, 0.15) is 58.3 Å². The van der Waals surface area contributed by atoms with Gasteiger partial charge in [0, 0.05) is 30.2 Å². The van der Waals surface area contributed by atoms with Gasteiger partial charge in [0.05, 0.1) is 12.3 Å². The topological polar surface area (TPSA) is 82.7 Å². The van der Waals surface area contributed by atoms with E-state index in [9.17, 15) is 9.59 Å². The summed E-state index contributed by atoms with van der Waals surface area (Å²) in [5.74, 6) is 0.616. The minimum Gasteiger partial charge on any atom is -0.491 e. The number of likely N-dealkylation sites (tertiary alicyclic amines) is 1. The molecule has 0 aromatic heterocycles. The van der Waals surface area contributed by atoms with Gasteiger partial charge in [-0.05, 0) is 50.3 Å². The van der Waals surface area contributed by atoms with E-state index >= 15 is 0 Å². The van der Waals surface area contributed by atoms with Crippen LogP contribution in [0, 0.1) is 0 Å². The van der Waals surface area contributed by atoms with E-state index in [-0.39, 0.29) is 18.1 Å². The third-order valence-electron chi connectivity index (χ3n) is 5.70. The van der Waals surface area contributed by atoms with Gasteiger partial charge in [0.2, 0.25) is 0 Å². The summed E-state index contributed by atoms with van der Waals surface area (Å²) < 4.78 is 5.71. The van der Waals surface area contributed by atoms with E-state index in [1.54, 1.807) is 23.1 Å². The number of hydrogen-bond acceptors (Lipinski definition) is 3. The molecule has 1 saturated carbocycles. The van der Waals surface area contributed by atoms with Gasteiger partial charge in [-0.2, -0.15) is 0 Å². The van der Waals surface area contributed by atoms with Gasteiger partial charge in [-0.1, -0.05) is 37.8 Å². The molecule has 3 N–H and O–H groups in total. The fourth-order valence-electron chi connectivity index (χ4n) is 4.02. The first-order chi connectivity index (χ1) is 14.5. The first-order valence-electron chi connectivity index (χ1n) is 11.1. The Labute approximate surface area is 183 Å². The maximum absolute atomic E-state index is 12.7. The monoisotopic (exact) mass is 436 g/mol. The normalized spacial score (nSPS) is 18.0. The quantitative estimate of drug-likeness (QED) is 0.601. The molecule has 2 aliphatic rings. The average Bonchev–Trinajstić information content (AvgIpc) is 2.74. The molecule has 4 amide bonds. The predicted molar refractivity (Wildman–Crippen MR) is 119 cm³/mol. The highest BCUT2D eigenvalue weighted by atomic mass is 35.5. The van der Waals surface area contributed by atoms with Crippen LogP contribution in [0.2, 0.25) is 5.02 Å². The maximum Gasteiger partial charge on any atom is 0.321 e. The van der Waals surface area contributed by atoms with Crippen LogP contribution in [0.4, 0.5) is 15.3 Å². The Balaban J connectivity index is 1.45. The third-order valence-corrected chi connectivity index (χ3v) is 5.94. The molecule has 8 heteroatoms. The Morgan fingerprint density at radius 3 is 2.40 bits per heavy atom. The van der Waals surface area contributed by atoms with Gasteiger partial charge in [-0.3, -0.25) is 0 Å². The van der Waals surface area contributed by atoms with Crippen molar-refractivity contribution in [2.24, 2.45) is 0 Å². The molecule has 1 aliphatic carbocycles. The fraction of sp³-hybridized carbons (Fsp3) is 0.636. The van der Waals surface area contributed by atoms with Gasteiger partial charge in [0.15, 0.2) is 0 Å². The predicted octanol–water partition coefficient (Wildman–Crippen LogP) is 4.76. The van der Waals surface area contributed by atoms with Crippen molar-refractivity contribution in [1.29, 1.82) is 0 Å². The number of carbonyl (C=O) groups excluding carboxylic acids is 2. The zero-order valence-electron chi connectivity index (χ0n) is 17.7. The number of anilines is 1. The van der Waals surface area contributed by atoms with E-state index < -0.39 is 0 Å². The van der Waals surface area contributed by atoms with Crippen LogP contribution in [0.15, 0.2) is 18.2 Å². The molecule has 3 rings (SSSR count). The highest BCUT2D eigenvalue weighted by molar-refractivity contribution is 6.31. The van der Waals surface area contributed by atoms with Crippen molar-refractivity contribution in [1.82, 2.24) is 15.5 Å². The molecule has 166 valence electrons. The summed E-state index contributed by atoms with van der Waals surface area (Å²) in [4.78, 5) is 26.7. The number of hydrogen-bond donors (Lipinski definition) is 3. The molecule has 7 nitrogen and oxygen atoms in total. The second kappa shape index (κ2) is 11.3. The van der Waals surface area contributed by atoms with Crippen molar-refractivity contribution in [2.75, 3.05) is 25.0 Å². The van der Waals surface area contributed by atoms with Crippen LogP contribution in [-0.4, -0.2) is 48.7 Å². The molecule has 0 atom stereocenters.